The van der Waals surface area contributed by atoms with E-state index in [1.165, 1.54) is 0 Å². The first kappa shape index (κ1) is 16.7. The Kier molecular flexibility index (Phi) is 7.12. The average Bonchev–Trinajstić information content (AvgIpc) is 2.22. The van der Waals surface area contributed by atoms with Gasteiger partial charge in [0.05, 0.1) is 0 Å². The van der Waals surface area contributed by atoms with Gasteiger partial charge in [-0.15, -0.1) is 6.42 Å². The van der Waals surface area contributed by atoms with Crippen molar-refractivity contribution in [3.05, 3.63) is 0 Å². The predicted molar refractivity (Wildman–Crippen MR) is 79.7 cm³/mol. The second-order valence-corrected chi connectivity index (χ2v) is 11.3. The van der Waals surface area contributed by atoms with Crippen molar-refractivity contribution in [2.24, 2.45) is 0 Å². The minimum Gasteiger partial charge on any atom is -0.403 e. The van der Waals surface area contributed by atoms with E-state index >= 15 is 0 Å². The third-order valence-corrected chi connectivity index (χ3v) is 9.90. The van der Waals surface area contributed by atoms with Crippen LogP contribution in [0.25, 0.3) is 0 Å². The summed E-state index contributed by atoms with van der Waals surface area (Å²) in [6, 6.07) is 0. The summed E-state index contributed by atoms with van der Waals surface area (Å²) in [4.78, 5) is 0. The first-order chi connectivity index (χ1) is 7.82. The topological polar surface area (TPSA) is 9.23 Å². The van der Waals surface area contributed by atoms with E-state index in [1.807, 2.05) is 0 Å². The SMILES string of the molecule is C#C[C@@H](CCC)O[Si](C(C)C)(C(C)C)C(C)C. The molecule has 0 rings (SSSR count). The van der Waals surface area contributed by atoms with Gasteiger partial charge in [0.25, 0.3) is 0 Å². The maximum absolute atomic E-state index is 6.51. The van der Waals surface area contributed by atoms with Crippen LogP contribution in [0.15, 0.2) is 0 Å². The number of hydrogen-bond donors (Lipinski definition) is 0. The van der Waals surface area contributed by atoms with Gasteiger partial charge in [0.15, 0.2) is 0 Å². The van der Waals surface area contributed by atoms with E-state index < -0.39 is 8.32 Å². The molecule has 0 aromatic heterocycles. The Labute approximate surface area is 109 Å². The molecule has 0 saturated carbocycles. The minimum absolute atomic E-state index is 0.0128. The Morgan fingerprint density at radius 3 is 1.65 bits per heavy atom. The second kappa shape index (κ2) is 7.23. The number of hydrogen-bond acceptors (Lipinski definition) is 1. The molecule has 0 N–H and O–H groups in total. The Balaban J connectivity index is 5.11. The van der Waals surface area contributed by atoms with E-state index in [4.69, 9.17) is 10.8 Å². The highest BCUT2D eigenvalue weighted by Crippen LogP contribution is 2.43. The molecule has 0 aliphatic carbocycles. The summed E-state index contributed by atoms with van der Waals surface area (Å²) in [7, 11) is -1.79. The molecule has 0 unspecified atom stereocenters. The van der Waals surface area contributed by atoms with Crippen molar-refractivity contribution in [1.82, 2.24) is 0 Å². The summed E-state index contributed by atoms with van der Waals surface area (Å²) in [6.45, 7) is 15.9. The van der Waals surface area contributed by atoms with Crippen LogP contribution in [0.1, 0.15) is 61.3 Å². The molecule has 1 nitrogen and oxygen atoms in total. The molecule has 1 atom stereocenters. The zero-order valence-corrected chi connectivity index (χ0v) is 13.7. The summed E-state index contributed by atoms with van der Waals surface area (Å²) < 4.78 is 6.51. The summed E-state index contributed by atoms with van der Waals surface area (Å²) in [5, 5.41) is 0. The highest BCUT2D eigenvalue weighted by molar-refractivity contribution is 6.77. The average molecular weight is 254 g/mol. The lowest BCUT2D eigenvalue weighted by molar-refractivity contribution is 0.214. The fraction of sp³-hybridized carbons (Fsp3) is 0.867. The zero-order valence-electron chi connectivity index (χ0n) is 12.7. The van der Waals surface area contributed by atoms with Crippen LogP contribution in [-0.2, 0) is 4.43 Å². The van der Waals surface area contributed by atoms with E-state index in [2.05, 4.69) is 54.4 Å². The van der Waals surface area contributed by atoms with Crippen molar-refractivity contribution < 1.29 is 4.43 Å². The molecule has 0 spiro atoms. The van der Waals surface area contributed by atoms with Gasteiger partial charge in [-0.2, -0.15) is 0 Å². The fourth-order valence-electron chi connectivity index (χ4n) is 3.09. The zero-order chi connectivity index (χ0) is 13.6. The highest BCUT2D eigenvalue weighted by atomic mass is 28.4. The van der Waals surface area contributed by atoms with Gasteiger partial charge in [-0.25, -0.2) is 0 Å². The molecular weight excluding hydrogens is 224 g/mol. The van der Waals surface area contributed by atoms with Gasteiger partial charge < -0.3 is 4.43 Å². The molecule has 0 radical (unpaired) electrons. The van der Waals surface area contributed by atoms with Crippen LogP contribution >= 0.6 is 0 Å². The van der Waals surface area contributed by atoms with Crippen molar-refractivity contribution in [3.8, 4) is 12.3 Å². The van der Waals surface area contributed by atoms with Crippen LogP contribution in [-0.4, -0.2) is 14.4 Å². The third-order valence-electron chi connectivity index (χ3n) is 3.79. The maximum Gasteiger partial charge on any atom is 0.202 e. The summed E-state index contributed by atoms with van der Waals surface area (Å²) in [5.74, 6) is 2.84. The van der Waals surface area contributed by atoms with Gasteiger partial charge in [-0.05, 0) is 23.0 Å². The van der Waals surface area contributed by atoms with Crippen LogP contribution in [0.4, 0.5) is 0 Å². The van der Waals surface area contributed by atoms with Gasteiger partial charge in [-0.1, -0.05) is 60.8 Å². The van der Waals surface area contributed by atoms with Gasteiger partial charge in [-0.3, -0.25) is 0 Å². The first-order valence-electron chi connectivity index (χ1n) is 6.96. The third kappa shape index (κ3) is 3.86. The van der Waals surface area contributed by atoms with Gasteiger partial charge in [0.2, 0.25) is 8.32 Å². The van der Waals surface area contributed by atoms with Crippen LogP contribution in [0, 0.1) is 12.3 Å². The quantitative estimate of drug-likeness (QED) is 0.460. The fourth-order valence-corrected chi connectivity index (χ4v) is 8.59. The molecule has 0 aliphatic heterocycles. The Morgan fingerprint density at radius 1 is 1.00 bits per heavy atom. The van der Waals surface area contributed by atoms with Gasteiger partial charge >= 0.3 is 0 Å². The second-order valence-electron chi connectivity index (χ2n) is 5.88. The lowest BCUT2D eigenvalue weighted by Gasteiger charge is -2.43. The molecule has 0 amide bonds. The van der Waals surface area contributed by atoms with E-state index in [1.54, 1.807) is 0 Å². The normalized spacial score (nSPS) is 14.4. The van der Waals surface area contributed by atoms with Gasteiger partial charge in [0, 0.05) is 0 Å². The van der Waals surface area contributed by atoms with Crippen LogP contribution in [0.3, 0.4) is 0 Å². The van der Waals surface area contributed by atoms with Crippen molar-refractivity contribution in [2.75, 3.05) is 0 Å². The number of rotatable bonds is 7. The lowest BCUT2D eigenvalue weighted by atomic mass is 10.2. The standard InChI is InChI=1S/C15H30OSi/c1-9-11-15(10-2)16-17(12(3)4,13(5)6)14(7)8/h2,12-15H,9,11H2,1,3-8H3/t15-/m0/s1. The van der Waals surface area contributed by atoms with E-state index in [0.29, 0.717) is 16.6 Å². The van der Waals surface area contributed by atoms with Crippen molar-refractivity contribution >= 4 is 8.32 Å². The van der Waals surface area contributed by atoms with E-state index in [9.17, 15) is 0 Å². The molecule has 100 valence electrons. The van der Waals surface area contributed by atoms with Crippen LogP contribution in [0.5, 0.6) is 0 Å². The smallest absolute Gasteiger partial charge is 0.202 e. The summed E-state index contributed by atoms with van der Waals surface area (Å²) >= 11 is 0. The molecular formula is C15H30OSi. The van der Waals surface area contributed by atoms with Crippen molar-refractivity contribution in [3.63, 3.8) is 0 Å². The summed E-state index contributed by atoms with van der Waals surface area (Å²) in [6.07, 6.45) is 7.70. The van der Waals surface area contributed by atoms with Gasteiger partial charge in [0.1, 0.15) is 6.10 Å². The molecule has 0 aromatic rings. The van der Waals surface area contributed by atoms with Crippen LogP contribution < -0.4 is 0 Å². The molecule has 0 aliphatic rings. The largest absolute Gasteiger partial charge is 0.403 e. The Bertz CT molecular complexity index is 228. The molecule has 0 fully saturated rings. The Morgan fingerprint density at radius 2 is 1.41 bits per heavy atom. The minimum atomic E-state index is -1.79. The highest BCUT2D eigenvalue weighted by Gasteiger charge is 2.46. The van der Waals surface area contributed by atoms with Crippen LogP contribution in [0.2, 0.25) is 16.6 Å². The molecule has 0 bridgehead atoms. The Hall–Kier alpha value is -0.263. The van der Waals surface area contributed by atoms with E-state index in [-0.39, 0.29) is 6.10 Å². The predicted octanol–water partition coefficient (Wildman–Crippen LogP) is 4.98. The number of terminal acetylenes is 1. The lowest BCUT2D eigenvalue weighted by Crippen LogP contribution is -2.50. The molecule has 17 heavy (non-hydrogen) atoms. The molecule has 0 aromatic carbocycles. The molecule has 0 saturated heterocycles. The maximum atomic E-state index is 6.51. The molecule has 2 heteroatoms. The van der Waals surface area contributed by atoms with Crippen molar-refractivity contribution in [2.45, 2.75) is 84.0 Å². The monoisotopic (exact) mass is 254 g/mol. The first-order valence-corrected chi connectivity index (χ1v) is 9.10. The van der Waals surface area contributed by atoms with Crippen molar-refractivity contribution in [1.29, 1.82) is 0 Å². The molecule has 0 heterocycles. The summed E-state index contributed by atoms with van der Waals surface area (Å²) in [5.41, 5.74) is 1.82. The van der Waals surface area contributed by atoms with E-state index in [0.717, 1.165) is 12.8 Å².